The van der Waals surface area contributed by atoms with Crippen molar-refractivity contribution < 1.29 is 13.0 Å². The molecule has 1 aliphatic rings. The van der Waals surface area contributed by atoms with Crippen molar-refractivity contribution in [3.8, 4) is 0 Å². The monoisotopic (exact) mass is 396 g/mol. The molecule has 0 fully saturated rings. The third-order valence-electron chi connectivity index (χ3n) is 5.13. The SMILES string of the molecule is CC1=CC=C[C@@]1(C)Cc1cccc(/C(C)=N/Nc2ccc(S(=O)(=O)O)cc2)c1. The molecule has 0 saturated carbocycles. The average Bonchev–Trinajstić information content (AvgIpc) is 2.97. The molecule has 0 aromatic heterocycles. The summed E-state index contributed by atoms with van der Waals surface area (Å²) in [5.74, 6) is 0. The molecule has 1 atom stereocenters. The minimum Gasteiger partial charge on any atom is -0.282 e. The quantitative estimate of drug-likeness (QED) is 0.416. The summed E-state index contributed by atoms with van der Waals surface area (Å²) < 4.78 is 31.2. The van der Waals surface area contributed by atoms with E-state index < -0.39 is 10.1 Å². The first-order valence-corrected chi connectivity index (χ1v) is 10.5. The molecule has 0 aliphatic heterocycles. The highest BCUT2D eigenvalue weighted by molar-refractivity contribution is 7.85. The number of anilines is 1. The van der Waals surface area contributed by atoms with E-state index in [1.54, 1.807) is 12.1 Å². The highest BCUT2D eigenvalue weighted by atomic mass is 32.2. The third kappa shape index (κ3) is 4.58. The zero-order valence-electron chi connectivity index (χ0n) is 16.2. The lowest BCUT2D eigenvalue weighted by molar-refractivity contribution is 0.483. The van der Waals surface area contributed by atoms with Gasteiger partial charge in [0.15, 0.2) is 0 Å². The van der Waals surface area contributed by atoms with E-state index >= 15 is 0 Å². The standard InChI is InChI=1S/C22H24N2O3S/c1-16-6-5-13-22(16,3)15-18-7-4-8-19(14-18)17(2)23-24-20-9-11-21(12-10-20)28(25,26)27/h4-14,24H,15H2,1-3H3,(H,25,26,27)/b23-17+/t22-/m0/s1. The third-order valence-corrected chi connectivity index (χ3v) is 6.00. The summed E-state index contributed by atoms with van der Waals surface area (Å²) >= 11 is 0. The normalized spacial score (nSPS) is 19.6. The molecule has 0 amide bonds. The van der Waals surface area contributed by atoms with E-state index in [4.69, 9.17) is 4.55 Å². The van der Waals surface area contributed by atoms with Crippen molar-refractivity contribution in [3.05, 3.63) is 83.5 Å². The lowest BCUT2D eigenvalue weighted by Gasteiger charge is -2.24. The smallest absolute Gasteiger partial charge is 0.282 e. The first-order chi connectivity index (χ1) is 13.2. The van der Waals surface area contributed by atoms with Crippen LogP contribution >= 0.6 is 0 Å². The number of nitrogens with one attached hydrogen (secondary N) is 1. The molecule has 1 aliphatic carbocycles. The van der Waals surface area contributed by atoms with Crippen LogP contribution in [0.3, 0.4) is 0 Å². The number of hydrogen-bond acceptors (Lipinski definition) is 4. The van der Waals surface area contributed by atoms with Gasteiger partial charge in [-0.25, -0.2) is 0 Å². The lowest BCUT2D eigenvalue weighted by Crippen LogP contribution is -2.16. The Morgan fingerprint density at radius 1 is 1.18 bits per heavy atom. The van der Waals surface area contributed by atoms with E-state index in [9.17, 15) is 8.42 Å². The molecule has 2 aromatic carbocycles. The fourth-order valence-corrected chi connectivity index (χ4v) is 3.65. The molecule has 6 heteroatoms. The van der Waals surface area contributed by atoms with E-state index in [1.807, 2.05) is 19.1 Å². The second-order valence-electron chi connectivity index (χ2n) is 7.31. The number of hydrazone groups is 1. The Bertz CT molecular complexity index is 1070. The average molecular weight is 397 g/mol. The molecule has 5 nitrogen and oxygen atoms in total. The topological polar surface area (TPSA) is 78.8 Å². The van der Waals surface area contributed by atoms with Gasteiger partial charge >= 0.3 is 0 Å². The lowest BCUT2D eigenvalue weighted by atomic mass is 9.79. The maximum Gasteiger partial charge on any atom is 0.294 e. The van der Waals surface area contributed by atoms with Gasteiger partial charge in [-0.15, -0.1) is 0 Å². The summed E-state index contributed by atoms with van der Waals surface area (Å²) in [6.07, 6.45) is 7.45. The summed E-state index contributed by atoms with van der Waals surface area (Å²) in [5, 5.41) is 4.39. The molecular weight excluding hydrogens is 372 g/mol. The molecule has 3 rings (SSSR count). The first-order valence-electron chi connectivity index (χ1n) is 9.01. The molecule has 0 spiro atoms. The Morgan fingerprint density at radius 3 is 2.50 bits per heavy atom. The van der Waals surface area contributed by atoms with E-state index in [2.05, 4.69) is 54.7 Å². The van der Waals surface area contributed by atoms with Gasteiger partial charge in [-0.2, -0.15) is 13.5 Å². The summed E-state index contributed by atoms with van der Waals surface area (Å²) in [4.78, 5) is -0.148. The largest absolute Gasteiger partial charge is 0.294 e. The van der Waals surface area contributed by atoms with Gasteiger partial charge in [-0.3, -0.25) is 9.98 Å². The highest BCUT2D eigenvalue weighted by Gasteiger charge is 2.26. The zero-order valence-corrected chi connectivity index (χ0v) is 17.0. The molecule has 0 radical (unpaired) electrons. The number of hydrogen-bond donors (Lipinski definition) is 2. The number of nitrogens with zero attached hydrogens (tertiary/aromatic N) is 1. The van der Waals surface area contributed by atoms with Gasteiger partial charge in [0, 0.05) is 5.41 Å². The van der Waals surface area contributed by atoms with Crippen molar-refractivity contribution in [2.75, 3.05) is 5.43 Å². The molecule has 2 N–H and O–H groups in total. The Labute approximate surface area is 166 Å². The van der Waals surface area contributed by atoms with Gasteiger partial charge in [-0.05, 0) is 61.7 Å². The highest BCUT2D eigenvalue weighted by Crippen LogP contribution is 2.36. The Kier molecular flexibility index (Phi) is 5.54. The number of rotatable bonds is 6. The zero-order chi connectivity index (χ0) is 20.4. The van der Waals surface area contributed by atoms with Crippen LogP contribution < -0.4 is 5.43 Å². The van der Waals surface area contributed by atoms with E-state index in [-0.39, 0.29) is 10.3 Å². The van der Waals surface area contributed by atoms with Gasteiger partial charge in [0.1, 0.15) is 0 Å². The predicted molar refractivity (Wildman–Crippen MR) is 113 cm³/mol. The van der Waals surface area contributed by atoms with Gasteiger partial charge in [0.2, 0.25) is 0 Å². The molecule has 0 unspecified atom stereocenters. The number of benzene rings is 2. The van der Waals surface area contributed by atoms with Crippen molar-refractivity contribution in [1.82, 2.24) is 0 Å². The van der Waals surface area contributed by atoms with Crippen LogP contribution in [0.25, 0.3) is 0 Å². The van der Waals surface area contributed by atoms with E-state index in [1.165, 1.54) is 23.3 Å². The van der Waals surface area contributed by atoms with Crippen LogP contribution in [0.2, 0.25) is 0 Å². The maximum atomic E-state index is 11.1. The van der Waals surface area contributed by atoms with E-state index in [0.29, 0.717) is 5.69 Å². The van der Waals surface area contributed by atoms with Crippen LogP contribution in [0.5, 0.6) is 0 Å². The van der Waals surface area contributed by atoms with Gasteiger partial charge in [0.05, 0.1) is 16.3 Å². The summed E-state index contributed by atoms with van der Waals surface area (Å²) in [5.41, 5.74) is 8.05. The summed E-state index contributed by atoms with van der Waals surface area (Å²) in [7, 11) is -4.19. The van der Waals surface area contributed by atoms with Gasteiger partial charge < -0.3 is 0 Å². The molecule has 0 bridgehead atoms. The van der Waals surface area contributed by atoms with Crippen LogP contribution in [0.1, 0.15) is 31.9 Å². The van der Waals surface area contributed by atoms with Crippen molar-refractivity contribution in [2.45, 2.75) is 32.1 Å². The predicted octanol–water partition coefficient (Wildman–Crippen LogP) is 4.83. The Hall–Kier alpha value is -2.70. The van der Waals surface area contributed by atoms with E-state index in [0.717, 1.165) is 17.7 Å². The molecule has 0 heterocycles. The van der Waals surface area contributed by atoms with Crippen molar-refractivity contribution in [2.24, 2.45) is 10.5 Å². The molecule has 28 heavy (non-hydrogen) atoms. The minimum absolute atomic E-state index is 0.0523. The molecular formula is C22H24N2O3S. The molecule has 146 valence electrons. The number of allylic oxidation sites excluding steroid dienone is 4. The van der Waals surface area contributed by atoms with Crippen molar-refractivity contribution >= 4 is 21.5 Å². The van der Waals surface area contributed by atoms with Gasteiger partial charge in [0.25, 0.3) is 10.1 Å². The van der Waals surface area contributed by atoms with Crippen LogP contribution in [0, 0.1) is 5.41 Å². The fourth-order valence-electron chi connectivity index (χ4n) is 3.17. The fraction of sp³-hybridized carbons (Fsp3) is 0.227. The first kappa shape index (κ1) is 20.0. The van der Waals surface area contributed by atoms with Crippen molar-refractivity contribution in [3.63, 3.8) is 0 Å². The second-order valence-corrected chi connectivity index (χ2v) is 8.73. The molecule has 2 aromatic rings. The van der Waals surface area contributed by atoms with Crippen LogP contribution in [0.4, 0.5) is 5.69 Å². The Morgan fingerprint density at radius 2 is 1.89 bits per heavy atom. The van der Waals surface area contributed by atoms with Crippen LogP contribution in [-0.4, -0.2) is 18.7 Å². The molecule has 0 saturated heterocycles. The Balaban J connectivity index is 1.73. The van der Waals surface area contributed by atoms with Gasteiger partial charge in [-0.1, -0.05) is 48.9 Å². The minimum atomic E-state index is -4.19. The van der Waals surface area contributed by atoms with Crippen LogP contribution in [0.15, 0.2) is 82.3 Å². The second kappa shape index (κ2) is 7.73. The van der Waals surface area contributed by atoms with Crippen molar-refractivity contribution in [1.29, 1.82) is 0 Å². The summed E-state index contributed by atoms with van der Waals surface area (Å²) in [6, 6.07) is 14.1. The van der Waals surface area contributed by atoms with Crippen LogP contribution in [-0.2, 0) is 16.5 Å². The summed E-state index contributed by atoms with van der Waals surface area (Å²) in [6.45, 7) is 6.32. The maximum absolute atomic E-state index is 11.1.